The highest BCUT2D eigenvalue weighted by Crippen LogP contribution is 2.38. The molecule has 3 aromatic carbocycles. The smallest absolute Gasteiger partial charge is 0.338 e. The van der Waals surface area contributed by atoms with Crippen LogP contribution in [0.1, 0.15) is 69.4 Å². The third-order valence-corrected chi connectivity index (χ3v) is 7.06. The van der Waals surface area contributed by atoms with Gasteiger partial charge in [0.05, 0.1) is 12.2 Å². The highest BCUT2D eigenvalue weighted by atomic mass is 79.9. The molecule has 0 spiro atoms. The van der Waals surface area contributed by atoms with Crippen LogP contribution in [0.5, 0.6) is 0 Å². The number of rotatable bonds is 9. The molecule has 3 aromatic rings. The largest absolute Gasteiger partial charge is 0.462 e. The Morgan fingerprint density at radius 2 is 1.54 bits per heavy atom. The summed E-state index contributed by atoms with van der Waals surface area (Å²) in [7, 11) is 0. The van der Waals surface area contributed by atoms with Crippen LogP contribution in [0.25, 0.3) is 22.3 Å². The topological polar surface area (TPSA) is 46.6 Å². The van der Waals surface area contributed by atoms with Crippen LogP contribution < -0.4 is 4.90 Å². The van der Waals surface area contributed by atoms with Crippen molar-refractivity contribution < 1.29 is 14.3 Å². The lowest BCUT2D eigenvalue weighted by Crippen LogP contribution is -2.30. The number of ether oxygens (including phenoxy) is 1. The van der Waals surface area contributed by atoms with Gasteiger partial charge in [-0.05, 0) is 89.8 Å². The van der Waals surface area contributed by atoms with Crippen molar-refractivity contribution in [2.45, 2.75) is 59.8 Å². The first kappa shape index (κ1) is 28.6. The van der Waals surface area contributed by atoms with Gasteiger partial charge in [-0.3, -0.25) is 4.79 Å². The maximum Gasteiger partial charge on any atom is 0.338 e. The highest BCUT2D eigenvalue weighted by molar-refractivity contribution is 9.09. The lowest BCUT2D eigenvalue weighted by atomic mass is 9.83. The molecular weight excluding hydrogens is 526 g/mol. The Morgan fingerprint density at radius 1 is 0.892 bits per heavy atom. The summed E-state index contributed by atoms with van der Waals surface area (Å²) in [6.45, 7) is 12.7. The van der Waals surface area contributed by atoms with Crippen LogP contribution in [-0.2, 0) is 21.4 Å². The van der Waals surface area contributed by atoms with Gasteiger partial charge in [0.2, 0.25) is 5.91 Å². The monoisotopic (exact) mass is 563 g/mol. The molecule has 3 rings (SSSR count). The molecule has 0 bridgehead atoms. The zero-order valence-electron chi connectivity index (χ0n) is 22.9. The van der Waals surface area contributed by atoms with E-state index in [4.69, 9.17) is 4.74 Å². The minimum Gasteiger partial charge on any atom is -0.462 e. The lowest BCUT2D eigenvalue weighted by molar-refractivity contribution is -0.116. The molecule has 37 heavy (non-hydrogen) atoms. The average Bonchev–Trinajstić information content (AvgIpc) is 2.87. The summed E-state index contributed by atoms with van der Waals surface area (Å²) in [6, 6.07) is 20.7. The summed E-state index contributed by atoms with van der Waals surface area (Å²) < 4.78 is 5.40. The van der Waals surface area contributed by atoms with Crippen LogP contribution in [0.15, 0.2) is 60.7 Å². The van der Waals surface area contributed by atoms with Crippen molar-refractivity contribution >= 4 is 33.5 Å². The van der Waals surface area contributed by atoms with E-state index in [1.54, 1.807) is 11.8 Å². The normalized spacial score (nSPS) is 11.3. The Bertz CT molecular complexity index is 1240. The summed E-state index contributed by atoms with van der Waals surface area (Å²) in [4.78, 5) is 27.1. The molecule has 0 heterocycles. The van der Waals surface area contributed by atoms with Gasteiger partial charge >= 0.3 is 5.97 Å². The summed E-state index contributed by atoms with van der Waals surface area (Å²) in [5, 5.41) is 0.991. The maximum atomic E-state index is 12.9. The van der Waals surface area contributed by atoms with Crippen LogP contribution in [0.3, 0.4) is 0 Å². The van der Waals surface area contributed by atoms with Gasteiger partial charge in [-0.2, -0.15) is 0 Å². The average molecular weight is 565 g/mol. The van der Waals surface area contributed by atoms with E-state index in [2.05, 4.69) is 73.1 Å². The molecule has 196 valence electrons. The SMILES string of the molecule is CCOC(=O)c1ccc(-c2ccc(CCCBr)cc2)cc1-c1ccc(N(CC)C(C)=O)c(C(C)(C)C)c1. The Balaban J connectivity index is 2.17. The van der Waals surface area contributed by atoms with Gasteiger partial charge in [-0.15, -0.1) is 0 Å². The van der Waals surface area contributed by atoms with Crippen molar-refractivity contribution in [1.82, 2.24) is 0 Å². The number of carbonyl (C=O) groups is 2. The van der Waals surface area contributed by atoms with E-state index in [1.165, 1.54) is 5.56 Å². The van der Waals surface area contributed by atoms with Crippen LogP contribution in [-0.4, -0.2) is 30.4 Å². The zero-order valence-corrected chi connectivity index (χ0v) is 24.4. The minimum atomic E-state index is -0.338. The Labute approximate surface area is 230 Å². The Morgan fingerprint density at radius 3 is 2.11 bits per heavy atom. The van der Waals surface area contributed by atoms with Gasteiger partial charge in [0.15, 0.2) is 0 Å². The van der Waals surface area contributed by atoms with Gasteiger partial charge in [0.1, 0.15) is 0 Å². The van der Waals surface area contributed by atoms with E-state index in [0.29, 0.717) is 18.7 Å². The van der Waals surface area contributed by atoms with Gasteiger partial charge in [0.25, 0.3) is 0 Å². The van der Waals surface area contributed by atoms with Gasteiger partial charge in [-0.1, -0.05) is 73.1 Å². The molecule has 1 amide bonds. The van der Waals surface area contributed by atoms with Gasteiger partial charge < -0.3 is 9.64 Å². The molecule has 0 fully saturated rings. The van der Waals surface area contributed by atoms with E-state index in [0.717, 1.165) is 51.7 Å². The predicted octanol–water partition coefficient (Wildman–Crippen LogP) is 8.20. The standard InChI is InChI=1S/C32H38BrNO3/c1-7-34(22(3)35)30-18-16-26(21-29(30)32(4,5)6)28-20-25(15-17-27(28)31(36)37-8-2)24-13-11-23(12-14-24)10-9-19-33/h11-18,20-21H,7-10,19H2,1-6H3. The van der Waals surface area contributed by atoms with Crippen molar-refractivity contribution in [2.75, 3.05) is 23.4 Å². The van der Waals surface area contributed by atoms with Gasteiger partial charge in [-0.25, -0.2) is 4.79 Å². The molecule has 0 aliphatic carbocycles. The van der Waals surface area contributed by atoms with E-state index in [9.17, 15) is 9.59 Å². The number of esters is 1. The summed E-state index contributed by atoms with van der Waals surface area (Å²) in [5.74, 6) is -0.330. The molecule has 0 atom stereocenters. The van der Waals surface area contributed by atoms with Crippen molar-refractivity contribution in [1.29, 1.82) is 0 Å². The fourth-order valence-electron chi connectivity index (χ4n) is 4.59. The second-order valence-electron chi connectivity index (χ2n) is 10.2. The van der Waals surface area contributed by atoms with E-state index in [-0.39, 0.29) is 17.3 Å². The lowest BCUT2D eigenvalue weighted by Gasteiger charge is -2.29. The van der Waals surface area contributed by atoms with E-state index < -0.39 is 0 Å². The number of halogens is 1. The second kappa shape index (κ2) is 12.6. The minimum absolute atomic E-state index is 0.00883. The quantitative estimate of drug-likeness (QED) is 0.194. The molecule has 0 saturated carbocycles. The van der Waals surface area contributed by atoms with E-state index in [1.807, 2.05) is 38.1 Å². The molecule has 0 unspecified atom stereocenters. The number of amides is 1. The van der Waals surface area contributed by atoms with Crippen LogP contribution in [0, 0.1) is 0 Å². The van der Waals surface area contributed by atoms with Crippen molar-refractivity contribution in [2.24, 2.45) is 0 Å². The summed E-state index contributed by atoms with van der Waals surface area (Å²) in [5.41, 5.74) is 7.47. The molecule has 4 nitrogen and oxygen atoms in total. The molecule has 0 aromatic heterocycles. The number of aryl methyl sites for hydroxylation is 1. The molecule has 5 heteroatoms. The molecule has 0 aliphatic heterocycles. The number of hydrogen-bond acceptors (Lipinski definition) is 3. The third kappa shape index (κ3) is 6.89. The zero-order chi connectivity index (χ0) is 27.2. The number of benzene rings is 3. The second-order valence-corrected chi connectivity index (χ2v) is 11.0. The number of nitrogens with zero attached hydrogens (tertiary/aromatic N) is 1. The number of alkyl halides is 1. The van der Waals surface area contributed by atoms with Crippen LogP contribution >= 0.6 is 15.9 Å². The van der Waals surface area contributed by atoms with Crippen molar-refractivity contribution in [3.8, 4) is 22.3 Å². The summed E-state index contributed by atoms with van der Waals surface area (Å²) >= 11 is 3.50. The fourth-order valence-corrected chi connectivity index (χ4v) is 4.87. The first-order valence-electron chi connectivity index (χ1n) is 13.0. The Kier molecular flexibility index (Phi) is 9.72. The summed E-state index contributed by atoms with van der Waals surface area (Å²) in [6.07, 6.45) is 2.14. The van der Waals surface area contributed by atoms with Crippen molar-refractivity contribution in [3.05, 3.63) is 77.4 Å². The van der Waals surface area contributed by atoms with E-state index >= 15 is 0 Å². The van der Waals surface area contributed by atoms with Crippen LogP contribution in [0.4, 0.5) is 5.69 Å². The highest BCUT2D eigenvalue weighted by Gasteiger charge is 2.24. The number of hydrogen-bond donors (Lipinski definition) is 0. The van der Waals surface area contributed by atoms with Gasteiger partial charge in [0, 0.05) is 24.5 Å². The fraction of sp³-hybridized carbons (Fsp3) is 0.375. The first-order valence-corrected chi connectivity index (χ1v) is 14.1. The predicted molar refractivity (Wildman–Crippen MR) is 158 cm³/mol. The molecule has 0 N–H and O–H groups in total. The molecular formula is C32H38BrNO3. The molecule has 0 saturated heterocycles. The Hall–Kier alpha value is -2.92. The van der Waals surface area contributed by atoms with Crippen LogP contribution in [0.2, 0.25) is 0 Å². The molecule has 0 aliphatic rings. The first-order chi connectivity index (χ1) is 17.6. The third-order valence-electron chi connectivity index (χ3n) is 6.50. The number of carbonyl (C=O) groups excluding carboxylic acids is 2. The number of anilines is 1. The van der Waals surface area contributed by atoms with Crippen molar-refractivity contribution in [3.63, 3.8) is 0 Å². The maximum absolute atomic E-state index is 12.9. The molecule has 0 radical (unpaired) electrons.